The molecule has 0 aromatic heterocycles. The summed E-state index contributed by atoms with van der Waals surface area (Å²) in [5.41, 5.74) is -13.1. The highest BCUT2D eigenvalue weighted by Gasteiger charge is 2.53. The monoisotopic (exact) mass is 541 g/mol. The first-order chi connectivity index (χ1) is 14.8. The number of alkyl halides is 12. The summed E-state index contributed by atoms with van der Waals surface area (Å²) in [5.74, 6) is -2.44. The molecule has 1 rings (SSSR count). The molecule has 0 N–H and O–H groups in total. The Kier molecular flexibility index (Phi) is 9.77. The van der Waals surface area contributed by atoms with Gasteiger partial charge in [0.15, 0.2) is 0 Å². The average molecular weight is 541 g/mol. The smallest absolute Gasteiger partial charge is 0.395 e. The largest absolute Gasteiger partial charge is 0.564 e. The number of hydrogen-bond acceptors (Lipinski definition) is 1. The summed E-state index contributed by atoms with van der Waals surface area (Å²) in [4.78, 5) is 0. The van der Waals surface area contributed by atoms with Crippen LogP contribution in [0.1, 0.15) is 43.0 Å². The lowest BCUT2D eigenvalue weighted by molar-refractivity contribution is -0.849. The Morgan fingerprint density at radius 1 is 0.647 bits per heavy atom. The maximum absolute atomic E-state index is 13.4. The van der Waals surface area contributed by atoms with E-state index >= 15 is 0 Å². The summed E-state index contributed by atoms with van der Waals surface area (Å²) in [6.07, 6.45) is -25.1. The van der Waals surface area contributed by atoms with Crippen molar-refractivity contribution in [2.75, 3.05) is 28.2 Å². The van der Waals surface area contributed by atoms with Crippen LogP contribution in [0, 0.1) is 0 Å². The molecule has 0 saturated heterocycles. The molecule has 0 amide bonds. The van der Waals surface area contributed by atoms with E-state index in [4.69, 9.17) is 4.43 Å². The van der Waals surface area contributed by atoms with E-state index in [1.54, 1.807) is 0 Å². The molecule has 0 aliphatic rings. The van der Waals surface area contributed by atoms with Crippen LogP contribution in [0.15, 0.2) is 0 Å². The maximum Gasteiger partial charge on any atom is 0.395 e. The Hall–Kier alpha value is -1.51. The molecule has 0 fully saturated rings. The SMILES string of the molecule is CC[Si](CC)(CC)Oc1c(C(F)(F)F)c(C(F)(F)F)c(C(F)(F)F)[c-]1C(F)(F)F.C[N+](C)(C)C. The zero-order valence-electron chi connectivity index (χ0n) is 19.5. The highest BCUT2D eigenvalue weighted by atomic mass is 28.4. The van der Waals surface area contributed by atoms with Crippen LogP contribution in [0.4, 0.5) is 52.7 Å². The minimum Gasteiger partial charge on any atom is -0.564 e. The van der Waals surface area contributed by atoms with Gasteiger partial charge in [-0.3, -0.25) is 0 Å². The molecular weight excluding hydrogens is 514 g/mol. The van der Waals surface area contributed by atoms with Crippen LogP contribution < -0.4 is 4.43 Å². The first-order valence-corrected chi connectivity index (χ1v) is 12.4. The molecule has 1 aromatic rings. The molecule has 15 heteroatoms. The lowest BCUT2D eigenvalue weighted by atomic mass is 10.1. The zero-order valence-corrected chi connectivity index (χ0v) is 20.5. The predicted octanol–water partition coefficient (Wildman–Crippen LogP) is 8.19. The third-order valence-electron chi connectivity index (χ3n) is 4.59. The van der Waals surface area contributed by atoms with Gasteiger partial charge in [0.2, 0.25) is 8.32 Å². The standard InChI is InChI=1S/C15H15F12OSi.C4H12N/c1-4-29(5-2,6-3)28-11-9(14(22,23)24)7(12(16,17)18)8(13(19,20)21)10(11)15(25,26)27;1-5(2,3)4/h4-6H2,1-3H3;1-4H3/q-1;+1. The fourth-order valence-electron chi connectivity index (χ4n) is 3.00. The van der Waals surface area contributed by atoms with Gasteiger partial charge in [0, 0.05) is 5.75 Å². The molecule has 0 spiro atoms. The molecule has 0 saturated carbocycles. The lowest BCUT2D eigenvalue weighted by Crippen LogP contribution is -2.40. The minimum absolute atomic E-state index is 0.123. The first-order valence-electron chi connectivity index (χ1n) is 9.90. The van der Waals surface area contributed by atoms with Gasteiger partial charge < -0.3 is 8.91 Å². The third-order valence-corrected chi connectivity index (χ3v) is 9.09. The van der Waals surface area contributed by atoms with E-state index in [9.17, 15) is 52.7 Å². The molecule has 2 nitrogen and oxygen atoms in total. The molecule has 0 heterocycles. The van der Waals surface area contributed by atoms with E-state index in [2.05, 4.69) is 28.2 Å². The lowest BCUT2D eigenvalue weighted by Gasteiger charge is -2.34. The third kappa shape index (κ3) is 8.31. The highest BCUT2D eigenvalue weighted by molar-refractivity contribution is 6.74. The normalized spacial score (nSPS) is 14.1. The molecule has 0 aliphatic heterocycles. The molecule has 0 bridgehead atoms. The van der Waals surface area contributed by atoms with Gasteiger partial charge in [-0.15, -0.1) is 0 Å². The van der Waals surface area contributed by atoms with Crippen LogP contribution in [0.25, 0.3) is 0 Å². The summed E-state index contributed by atoms with van der Waals surface area (Å²) in [5, 5.41) is 0. The van der Waals surface area contributed by atoms with Crippen molar-refractivity contribution in [3.8, 4) is 5.75 Å². The first kappa shape index (κ1) is 32.5. The second-order valence-corrected chi connectivity index (χ2v) is 13.5. The van der Waals surface area contributed by atoms with Crippen LogP contribution in [0.3, 0.4) is 0 Å². The van der Waals surface area contributed by atoms with Crippen LogP contribution >= 0.6 is 0 Å². The highest BCUT2D eigenvalue weighted by Crippen LogP contribution is 2.59. The molecule has 1 aromatic carbocycles. The second-order valence-electron chi connectivity index (χ2n) is 8.85. The van der Waals surface area contributed by atoms with Crippen LogP contribution in [0.2, 0.25) is 18.1 Å². The fourth-order valence-corrected chi connectivity index (χ4v) is 5.57. The van der Waals surface area contributed by atoms with Crippen molar-refractivity contribution in [2.45, 2.75) is 63.6 Å². The van der Waals surface area contributed by atoms with E-state index in [0.717, 1.165) is 4.48 Å². The van der Waals surface area contributed by atoms with Crippen molar-refractivity contribution < 1.29 is 61.6 Å². The van der Waals surface area contributed by atoms with Crippen molar-refractivity contribution in [1.29, 1.82) is 0 Å². The molecule has 34 heavy (non-hydrogen) atoms. The van der Waals surface area contributed by atoms with Crippen LogP contribution in [-0.2, 0) is 24.7 Å². The van der Waals surface area contributed by atoms with Crippen molar-refractivity contribution >= 4 is 8.32 Å². The maximum atomic E-state index is 13.4. The van der Waals surface area contributed by atoms with E-state index in [-0.39, 0.29) is 18.1 Å². The Labute approximate surface area is 190 Å². The van der Waals surface area contributed by atoms with Gasteiger partial charge in [0.05, 0.1) is 28.2 Å². The molecule has 0 aliphatic carbocycles. The second kappa shape index (κ2) is 10.2. The van der Waals surface area contributed by atoms with Crippen LogP contribution in [0.5, 0.6) is 5.75 Å². The van der Waals surface area contributed by atoms with Gasteiger partial charge in [-0.2, -0.15) is 52.7 Å². The molecular formula is C19H27F12NOSi. The Morgan fingerprint density at radius 3 is 1.18 bits per heavy atom. The summed E-state index contributed by atoms with van der Waals surface area (Å²) >= 11 is 0. The fraction of sp³-hybridized carbons (Fsp3) is 0.737. The van der Waals surface area contributed by atoms with Crippen molar-refractivity contribution in [3.63, 3.8) is 0 Å². The number of nitrogens with zero attached hydrogens (tertiary/aromatic N) is 1. The molecule has 0 radical (unpaired) electrons. The Bertz CT molecular complexity index is 742. The summed E-state index contributed by atoms with van der Waals surface area (Å²) < 4.78 is 166. The number of rotatable bonds is 5. The van der Waals surface area contributed by atoms with Crippen molar-refractivity contribution in [3.05, 3.63) is 22.3 Å². The van der Waals surface area contributed by atoms with E-state index in [0.29, 0.717) is 0 Å². The summed E-state index contributed by atoms with van der Waals surface area (Å²) in [6.45, 7) is 3.99. The number of quaternary nitrogens is 1. The van der Waals surface area contributed by atoms with E-state index in [1.807, 2.05) is 0 Å². The van der Waals surface area contributed by atoms with Crippen molar-refractivity contribution in [2.24, 2.45) is 0 Å². The summed E-state index contributed by atoms with van der Waals surface area (Å²) in [7, 11) is 4.96. The molecule has 0 atom stereocenters. The van der Waals surface area contributed by atoms with E-state index in [1.165, 1.54) is 20.8 Å². The number of hydrogen-bond donors (Lipinski definition) is 0. The Morgan fingerprint density at radius 2 is 0.971 bits per heavy atom. The van der Waals surface area contributed by atoms with Gasteiger partial charge in [0.1, 0.15) is 0 Å². The van der Waals surface area contributed by atoms with Crippen LogP contribution in [-0.4, -0.2) is 41.0 Å². The predicted molar refractivity (Wildman–Crippen MR) is 104 cm³/mol. The van der Waals surface area contributed by atoms with Gasteiger partial charge in [-0.05, 0) is 34.8 Å². The van der Waals surface area contributed by atoms with Gasteiger partial charge in [-0.25, -0.2) is 0 Å². The molecule has 0 unspecified atom stereocenters. The quantitative estimate of drug-likeness (QED) is 0.158. The van der Waals surface area contributed by atoms with Crippen molar-refractivity contribution in [1.82, 2.24) is 0 Å². The molecule has 202 valence electrons. The average Bonchev–Trinajstić information content (AvgIpc) is 2.94. The zero-order chi connectivity index (χ0) is 27.7. The summed E-state index contributed by atoms with van der Waals surface area (Å²) in [6, 6.07) is -0.368. The topological polar surface area (TPSA) is 9.23 Å². The van der Waals surface area contributed by atoms with Gasteiger partial charge in [-0.1, -0.05) is 26.3 Å². The minimum atomic E-state index is -6.37. The number of halogens is 12. The Balaban J connectivity index is 0.00000196. The van der Waals surface area contributed by atoms with E-state index < -0.39 is 61.0 Å². The van der Waals surface area contributed by atoms with Gasteiger partial charge >= 0.3 is 24.7 Å². The van der Waals surface area contributed by atoms with Gasteiger partial charge in [0.25, 0.3) is 0 Å².